The van der Waals surface area contributed by atoms with Crippen molar-refractivity contribution in [1.82, 2.24) is 0 Å². The Morgan fingerprint density at radius 3 is 2.79 bits per heavy atom. The third-order valence-corrected chi connectivity index (χ3v) is 3.43. The Morgan fingerprint density at radius 1 is 1.50 bits per heavy atom. The van der Waals surface area contributed by atoms with Gasteiger partial charge in [-0.2, -0.15) is 0 Å². The van der Waals surface area contributed by atoms with Gasteiger partial charge in [0.2, 0.25) is 1.43 Å². The van der Waals surface area contributed by atoms with Gasteiger partial charge < -0.3 is 19.3 Å². The molecule has 4 atom stereocenters. The molecule has 82 valence electrons. The first-order valence-electron chi connectivity index (χ1n) is 5.36. The maximum Gasteiger partial charge on any atom is 0.211 e. The van der Waals surface area contributed by atoms with Crippen molar-refractivity contribution in [2.24, 2.45) is 0 Å². The van der Waals surface area contributed by atoms with Crippen LogP contribution in [-0.2, 0) is 14.2 Å². The van der Waals surface area contributed by atoms with Crippen molar-refractivity contribution in [1.29, 1.82) is 1.43 Å². The van der Waals surface area contributed by atoms with Gasteiger partial charge in [-0.3, -0.25) is 0 Å². The summed E-state index contributed by atoms with van der Waals surface area (Å²) in [6, 6.07) is 0. The molecule has 2 rings (SSSR count). The number of methoxy groups -OCH3 is 1. The van der Waals surface area contributed by atoms with Crippen molar-refractivity contribution in [2.75, 3.05) is 13.7 Å². The van der Waals surface area contributed by atoms with E-state index in [1.165, 1.54) is 0 Å². The molecule has 2 fully saturated rings. The van der Waals surface area contributed by atoms with E-state index in [-0.39, 0.29) is 18.3 Å². The highest BCUT2D eigenvalue weighted by molar-refractivity contribution is 5.16. The van der Waals surface area contributed by atoms with E-state index in [2.05, 4.69) is 0 Å². The molecule has 0 aromatic carbocycles. The Kier molecular flexibility index (Phi) is 1.89. The van der Waals surface area contributed by atoms with Crippen LogP contribution in [-0.4, -0.2) is 49.8 Å². The molecule has 0 aromatic rings. The highest BCUT2D eigenvalue weighted by Crippen LogP contribution is 2.50. The highest BCUT2D eigenvalue weighted by atomic mass is 16.7. The number of fused-ring (bicyclic) bond motifs is 2. The molecule has 14 heavy (non-hydrogen) atoms. The van der Waals surface area contributed by atoms with Crippen LogP contribution >= 0.6 is 0 Å². The lowest BCUT2D eigenvalue weighted by Gasteiger charge is -2.42. The Labute approximate surface area is 85.6 Å². The molecule has 2 aliphatic rings. The highest BCUT2D eigenvalue weighted by Gasteiger charge is 2.69. The molecule has 2 heterocycles. The average molecular weight is 204 g/mol. The van der Waals surface area contributed by atoms with E-state index in [0.29, 0.717) is 6.61 Å². The molecular weight excluding hydrogens is 184 g/mol. The predicted molar refractivity (Wildman–Crippen MR) is 50.1 cm³/mol. The van der Waals surface area contributed by atoms with Gasteiger partial charge in [-0.05, 0) is 20.8 Å². The Hall–Kier alpha value is -0.160. The number of ether oxygens (including phenoxy) is 3. The van der Waals surface area contributed by atoms with E-state index in [1.54, 1.807) is 7.11 Å². The zero-order chi connectivity index (χ0) is 11.3. The number of rotatable bonds is 3. The Morgan fingerprint density at radius 2 is 2.21 bits per heavy atom. The van der Waals surface area contributed by atoms with Crippen molar-refractivity contribution in [2.45, 2.75) is 50.3 Å². The summed E-state index contributed by atoms with van der Waals surface area (Å²) in [4.78, 5) is 0. The molecule has 2 bridgehead atoms. The van der Waals surface area contributed by atoms with Crippen molar-refractivity contribution in [3.63, 3.8) is 0 Å². The fourth-order valence-electron chi connectivity index (χ4n) is 2.56. The second-order valence-corrected chi connectivity index (χ2v) is 4.66. The molecule has 1 N–H and O–H groups in total. The lowest BCUT2D eigenvalue weighted by Crippen LogP contribution is -2.57. The minimum atomic E-state index is -0.659. The summed E-state index contributed by atoms with van der Waals surface area (Å²) in [7, 11) is 1.62. The molecule has 4 nitrogen and oxygen atoms in total. The third kappa shape index (κ3) is 1.03. The molecule has 0 aliphatic carbocycles. The van der Waals surface area contributed by atoms with E-state index in [4.69, 9.17) is 20.8 Å². The van der Waals surface area contributed by atoms with Crippen molar-refractivity contribution < 1.29 is 19.3 Å². The predicted octanol–water partition coefficient (Wildman–Crippen LogP) is 0.329. The molecule has 2 saturated heterocycles. The van der Waals surface area contributed by atoms with E-state index in [1.807, 2.05) is 20.8 Å². The van der Waals surface area contributed by atoms with Gasteiger partial charge in [0, 0.05) is 7.11 Å². The van der Waals surface area contributed by atoms with Crippen LogP contribution < -0.4 is 0 Å². The molecule has 0 aromatic heterocycles. The normalized spacial score (nSPS) is 50.9. The van der Waals surface area contributed by atoms with Crippen LogP contribution in [0.15, 0.2) is 0 Å². The first-order chi connectivity index (χ1) is 6.98. The minimum absolute atomic E-state index is 0.0523. The van der Waals surface area contributed by atoms with E-state index in [0.717, 1.165) is 0 Å². The maximum absolute atomic E-state index is 7.16. The monoisotopic (exact) mass is 204 g/mol. The van der Waals surface area contributed by atoms with Crippen LogP contribution in [0.25, 0.3) is 0 Å². The molecule has 0 spiro atoms. The topological polar surface area (TPSA) is 47.9 Å². The largest absolute Gasteiger partial charge is 0.387 e. The smallest absolute Gasteiger partial charge is 0.211 e. The minimum Gasteiger partial charge on any atom is -0.387 e. The summed E-state index contributed by atoms with van der Waals surface area (Å²) < 4.78 is 24.1. The lowest BCUT2D eigenvalue weighted by atomic mass is 9.84. The summed E-state index contributed by atoms with van der Waals surface area (Å²) in [5.41, 5.74) is -1.14. The van der Waals surface area contributed by atoms with Crippen molar-refractivity contribution in [3.05, 3.63) is 0 Å². The second-order valence-electron chi connectivity index (χ2n) is 4.66. The third-order valence-electron chi connectivity index (χ3n) is 3.43. The lowest BCUT2D eigenvalue weighted by molar-refractivity contribution is -0.236. The molecule has 0 saturated carbocycles. The van der Waals surface area contributed by atoms with Gasteiger partial charge >= 0.3 is 0 Å². The van der Waals surface area contributed by atoms with Crippen molar-refractivity contribution >= 4 is 0 Å². The average Bonchev–Trinajstić information content (AvgIpc) is 2.51. The van der Waals surface area contributed by atoms with Crippen molar-refractivity contribution in [3.8, 4) is 0 Å². The van der Waals surface area contributed by atoms with Crippen LogP contribution in [0, 0.1) is 0 Å². The van der Waals surface area contributed by atoms with Crippen LogP contribution in [0.1, 0.15) is 20.8 Å². The zero-order valence-corrected chi connectivity index (χ0v) is 9.07. The van der Waals surface area contributed by atoms with Gasteiger partial charge in [0.1, 0.15) is 17.8 Å². The van der Waals surface area contributed by atoms with Gasteiger partial charge in [-0.15, -0.1) is 0 Å². The quantitative estimate of drug-likeness (QED) is 0.719. The number of hydrogen-bond donors (Lipinski definition) is 1. The molecule has 4 heteroatoms. The van der Waals surface area contributed by atoms with Gasteiger partial charge in [0.25, 0.3) is 0 Å². The van der Waals surface area contributed by atoms with Gasteiger partial charge in [-0.1, -0.05) is 0 Å². The Balaban J connectivity index is 2.35. The van der Waals surface area contributed by atoms with Crippen LogP contribution in [0.3, 0.4) is 0 Å². The van der Waals surface area contributed by atoms with Gasteiger partial charge in [0.05, 0.1) is 18.3 Å². The molecule has 0 amide bonds. The fraction of sp³-hybridized carbons (Fsp3) is 1.00. The van der Waals surface area contributed by atoms with Gasteiger partial charge in [0.15, 0.2) is 0 Å². The molecular formula is C10H18O4. The first kappa shape index (κ1) is 9.09. The van der Waals surface area contributed by atoms with E-state index < -0.39 is 11.2 Å². The number of aliphatic hydroxyl groups is 1. The molecule has 0 radical (unpaired) electrons. The Bertz CT molecular complexity index is 258. The van der Waals surface area contributed by atoms with Gasteiger partial charge in [-0.25, -0.2) is 0 Å². The number of hydrogen-bond acceptors (Lipinski definition) is 4. The summed E-state index contributed by atoms with van der Waals surface area (Å²) in [6.45, 7) is 6.21. The summed E-state index contributed by atoms with van der Waals surface area (Å²) in [5.74, 6) is 0. The molecule has 0 unspecified atom stereocenters. The van der Waals surface area contributed by atoms with E-state index >= 15 is 0 Å². The van der Waals surface area contributed by atoms with Crippen LogP contribution in [0.4, 0.5) is 0 Å². The summed E-state index contributed by atoms with van der Waals surface area (Å²) in [6.07, 6.45) is -0.598. The summed E-state index contributed by atoms with van der Waals surface area (Å²) >= 11 is 0. The SMILES string of the molecule is [3H]O[C@H]1[C@H]2OC(C)(C)[C@]1(COC)O[C@H]2C. The summed E-state index contributed by atoms with van der Waals surface area (Å²) in [5, 5.41) is 4.78. The zero-order valence-electron chi connectivity index (χ0n) is 10.1. The maximum atomic E-state index is 7.16. The molecule has 2 aliphatic heterocycles. The number of aliphatic hydroxyl groups excluding tert-OH is 1. The van der Waals surface area contributed by atoms with Crippen LogP contribution in [0.2, 0.25) is 0 Å². The fourth-order valence-corrected chi connectivity index (χ4v) is 2.56. The van der Waals surface area contributed by atoms with E-state index in [9.17, 15) is 0 Å². The second kappa shape index (κ2) is 2.92. The first-order valence-corrected chi connectivity index (χ1v) is 4.95. The van der Waals surface area contributed by atoms with Crippen LogP contribution in [0.5, 0.6) is 0 Å². The standard InChI is InChI=1S/C10H18O4/c1-6-7-8(11)10(13-6,5-12-4)9(2,3)14-7/h6-8,11H,5H2,1-4H3/t6-,7-,8-,10+/m0/s1/i11T.